The Labute approximate surface area is 191 Å². The predicted octanol–water partition coefficient (Wildman–Crippen LogP) is 2.16. The first-order valence-corrected chi connectivity index (χ1v) is 10.9. The van der Waals surface area contributed by atoms with Crippen LogP contribution in [0.25, 0.3) is 0 Å². The summed E-state index contributed by atoms with van der Waals surface area (Å²) in [5.74, 6) is 10.9. The van der Waals surface area contributed by atoms with Gasteiger partial charge in [-0.3, -0.25) is 9.80 Å². The van der Waals surface area contributed by atoms with E-state index >= 15 is 0 Å². The summed E-state index contributed by atoms with van der Waals surface area (Å²) < 4.78 is 18.9. The first-order chi connectivity index (χ1) is 15.2. The molecule has 0 aliphatic carbocycles. The van der Waals surface area contributed by atoms with Gasteiger partial charge in [-0.2, -0.15) is 5.10 Å². The minimum Gasteiger partial charge on any atom is -0.321 e. The molecule has 0 radical (unpaired) electrons. The summed E-state index contributed by atoms with van der Waals surface area (Å²) in [7, 11) is 3.94. The Balaban J connectivity index is 1.81. The minimum absolute atomic E-state index is 0.0250. The van der Waals surface area contributed by atoms with Gasteiger partial charge in [-0.25, -0.2) is 23.8 Å². The quantitative estimate of drug-likeness (QED) is 0.197. The first kappa shape index (κ1) is 23.9. The average Bonchev–Trinajstić information content (AvgIpc) is 2.73. The van der Waals surface area contributed by atoms with Gasteiger partial charge >= 0.3 is 0 Å². The summed E-state index contributed by atoms with van der Waals surface area (Å²) in [6.07, 6.45) is 0.727. The summed E-state index contributed by atoms with van der Waals surface area (Å²) in [4.78, 5) is 17.2. The zero-order valence-corrected chi connectivity index (χ0v) is 19.5. The monoisotopic (exact) mass is 460 g/mol. The Morgan fingerprint density at radius 3 is 2.72 bits per heavy atom. The van der Waals surface area contributed by atoms with E-state index in [1.54, 1.807) is 36.4 Å². The van der Waals surface area contributed by atoms with E-state index in [1.807, 2.05) is 32.2 Å². The van der Waals surface area contributed by atoms with Crippen LogP contribution in [0.4, 0.5) is 10.2 Å². The molecule has 0 fully saturated rings. The van der Waals surface area contributed by atoms with Crippen molar-refractivity contribution in [3.8, 4) is 0 Å². The number of hydrogen-bond donors (Lipinski definition) is 3. The number of fused-ring (bicyclic) bond motifs is 1. The molecule has 1 aromatic carbocycles. The second kappa shape index (κ2) is 10.3. The van der Waals surface area contributed by atoms with Gasteiger partial charge in [0.05, 0.1) is 5.56 Å². The highest BCUT2D eigenvalue weighted by atomic mass is 32.2. The van der Waals surface area contributed by atoms with E-state index in [1.165, 1.54) is 11.1 Å². The van der Waals surface area contributed by atoms with Crippen LogP contribution in [0, 0.1) is 5.82 Å². The molecule has 1 aliphatic heterocycles. The molecule has 0 spiro atoms. The summed E-state index contributed by atoms with van der Waals surface area (Å²) in [6, 6.07) is 8.00. The van der Waals surface area contributed by atoms with Crippen LogP contribution in [0.2, 0.25) is 0 Å². The lowest BCUT2D eigenvalue weighted by atomic mass is 9.97. The highest BCUT2D eigenvalue weighted by molar-refractivity contribution is 7.94. The molecule has 11 heteroatoms. The molecule has 0 atom stereocenters. The Bertz CT molecular complexity index is 1010. The Morgan fingerprint density at radius 2 is 2.06 bits per heavy atom. The number of nitrogens with zero attached hydrogens (tertiary/aromatic N) is 5. The number of hydrazone groups is 1. The number of carbonyl (C=O) groups excluding carboxylic acids is 1. The van der Waals surface area contributed by atoms with Gasteiger partial charge in [-0.1, -0.05) is 6.07 Å². The highest BCUT2D eigenvalue weighted by Gasteiger charge is 2.23. The smallest absolute Gasteiger partial charge is 0.259 e. The fourth-order valence-electron chi connectivity index (χ4n) is 3.35. The van der Waals surface area contributed by atoms with Gasteiger partial charge in [0.15, 0.2) is 5.84 Å². The summed E-state index contributed by atoms with van der Waals surface area (Å²) >= 11 is 1.60. The number of pyridine rings is 1. The molecule has 1 amide bonds. The number of anilines is 1. The van der Waals surface area contributed by atoms with E-state index in [0.29, 0.717) is 12.2 Å². The van der Waals surface area contributed by atoms with Crippen LogP contribution in [0.15, 0.2) is 35.4 Å². The maximum absolute atomic E-state index is 14.7. The normalized spacial score (nSPS) is 14.6. The number of nitrogens with one attached hydrogen (secondary N) is 1. The van der Waals surface area contributed by atoms with Gasteiger partial charge in [0, 0.05) is 31.3 Å². The van der Waals surface area contributed by atoms with Crippen molar-refractivity contribution in [3.63, 3.8) is 0 Å². The molecule has 172 valence electrons. The zero-order chi connectivity index (χ0) is 23.4. The maximum atomic E-state index is 14.7. The standard InChI is InChI=1S/C21H29FN8OS/c1-13(2)30(24)20(27-23)18-6-5-7-19(25-18)26-21(31)16-10-15-12-29(32-28(3)4)9-8-14(15)11-17(16)22/h5-7,10-11,13H,8-9,12,23-24H2,1-4H3,(H,25,26,31)/b27-20-. The molecule has 3 rings (SSSR count). The summed E-state index contributed by atoms with van der Waals surface area (Å²) in [5, 5.41) is 7.77. The number of halogens is 1. The molecule has 2 aromatic rings. The molecular weight excluding hydrogens is 431 g/mol. The van der Waals surface area contributed by atoms with E-state index in [9.17, 15) is 9.18 Å². The lowest BCUT2D eigenvalue weighted by Crippen LogP contribution is -2.44. The lowest BCUT2D eigenvalue weighted by Gasteiger charge is -2.29. The van der Waals surface area contributed by atoms with E-state index in [0.717, 1.165) is 24.1 Å². The molecule has 0 saturated heterocycles. The number of rotatable bonds is 6. The van der Waals surface area contributed by atoms with Crippen molar-refractivity contribution in [1.82, 2.24) is 18.6 Å². The highest BCUT2D eigenvalue weighted by Crippen LogP contribution is 2.27. The number of benzene rings is 1. The average molecular weight is 461 g/mol. The van der Waals surface area contributed by atoms with Crippen molar-refractivity contribution in [2.75, 3.05) is 26.0 Å². The lowest BCUT2D eigenvalue weighted by molar-refractivity contribution is 0.102. The zero-order valence-electron chi connectivity index (χ0n) is 18.7. The number of nitrogens with two attached hydrogens (primary N) is 2. The van der Waals surface area contributed by atoms with Crippen molar-refractivity contribution in [2.45, 2.75) is 32.9 Å². The van der Waals surface area contributed by atoms with Crippen LogP contribution < -0.4 is 17.0 Å². The number of amidine groups is 1. The Morgan fingerprint density at radius 1 is 1.31 bits per heavy atom. The van der Waals surface area contributed by atoms with Crippen LogP contribution in [0.5, 0.6) is 0 Å². The number of hydrogen-bond acceptors (Lipinski definition) is 8. The van der Waals surface area contributed by atoms with Gasteiger partial charge in [0.1, 0.15) is 17.3 Å². The second-order valence-electron chi connectivity index (χ2n) is 7.92. The van der Waals surface area contributed by atoms with Gasteiger partial charge < -0.3 is 11.2 Å². The molecule has 9 nitrogen and oxygen atoms in total. The third-order valence-corrected chi connectivity index (χ3v) is 5.80. The fraction of sp³-hybridized carbons (Fsp3) is 0.381. The van der Waals surface area contributed by atoms with Gasteiger partial charge in [0.25, 0.3) is 5.91 Å². The van der Waals surface area contributed by atoms with Crippen molar-refractivity contribution in [1.29, 1.82) is 0 Å². The SMILES string of the molecule is CC(C)N(N)/C(=N\N)c1cccc(NC(=O)c2cc3c(cc2F)CCN(SN(C)C)C3)n1. The van der Waals surface area contributed by atoms with E-state index < -0.39 is 11.7 Å². The van der Waals surface area contributed by atoms with Gasteiger partial charge in [-0.15, -0.1) is 0 Å². The molecule has 2 heterocycles. The molecule has 1 aromatic heterocycles. The van der Waals surface area contributed by atoms with Crippen molar-refractivity contribution in [3.05, 3.63) is 58.5 Å². The molecule has 32 heavy (non-hydrogen) atoms. The van der Waals surface area contributed by atoms with Crippen molar-refractivity contribution >= 4 is 29.7 Å². The van der Waals surface area contributed by atoms with E-state index in [-0.39, 0.29) is 23.3 Å². The largest absolute Gasteiger partial charge is 0.321 e. The summed E-state index contributed by atoms with van der Waals surface area (Å²) in [5.41, 5.74) is 2.23. The second-order valence-corrected chi connectivity index (χ2v) is 9.33. The Hall–Kier alpha value is -2.73. The molecule has 1 aliphatic rings. The van der Waals surface area contributed by atoms with Crippen molar-refractivity contribution < 1.29 is 9.18 Å². The van der Waals surface area contributed by atoms with Crippen molar-refractivity contribution in [2.24, 2.45) is 16.8 Å². The molecule has 5 N–H and O–H groups in total. The van der Waals surface area contributed by atoms with E-state index in [4.69, 9.17) is 11.7 Å². The maximum Gasteiger partial charge on any atom is 0.259 e. The van der Waals surface area contributed by atoms with Crippen LogP contribution in [0.1, 0.15) is 41.0 Å². The molecule has 0 unspecified atom stereocenters. The van der Waals surface area contributed by atoms with Crippen LogP contribution in [0.3, 0.4) is 0 Å². The minimum atomic E-state index is -0.577. The summed E-state index contributed by atoms with van der Waals surface area (Å²) in [6.45, 7) is 5.21. The molecule has 0 saturated carbocycles. The first-order valence-electron chi connectivity index (χ1n) is 10.2. The number of amides is 1. The van der Waals surface area contributed by atoms with Crippen LogP contribution in [-0.2, 0) is 13.0 Å². The topological polar surface area (TPSA) is 116 Å². The van der Waals surface area contributed by atoms with Gasteiger partial charge in [0.2, 0.25) is 0 Å². The number of carbonyl (C=O) groups is 1. The number of aromatic nitrogens is 1. The Kier molecular flexibility index (Phi) is 7.67. The third kappa shape index (κ3) is 5.54. The number of hydrazine groups is 1. The van der Waals surface area contributed by atoms with Gasteiger partial charge in [-0.05, 0) is 69.8 Å². The fourth-order valence-corrected chi connectivity index (χ4v) is 4.18. The molecular formula is C21H29FN8OS. The van der Waals surface area contributed by atoms with E-state index in [2.05, 4.69) is 19.7 Å². The molecule has 0 bridgehead atoms. The third-order valence-electron chi connectivity index (χ3n) is 4.93. The van der Waals surface area contributed by atoms with Crippen LogP contribution >= 0.6 is 12.1 Å². The van der Waals surface area contributed by atoms with Crippen LogP contribution in [-0.4, -0.2) is 57.0 Å². The predicted molar refractivity (Wildman–Crippen MR) is 126 cm³/mol.